The van der Waals surface area contributed by atoms with E-state index < -0.39 is 5.41 Å². The van der Waals surface area contributed by atoms with E-state index in [1.807, 2.05) is 7.05 Å². The molecule has 2 aromatic rings. The maximum Gasteiger partial charge on any atom is 0.146 e. The number of allylic oxidation sites excluding steroid dienone is 3. The normalized spacial score (nSPS) is 24.2. The minimum atomic E-state index is -1.30. The molecular formula is C31H45FN7P. The van der Waals surface area contributed by atoms with Crippen LogP contribution in [0.5, 0.6) is 0 Å². The van der Waals surface area contributed by atoms with Crippen LogP contribution in [0, 0.1) is 24.2 Å². The average Bonchev–Trinajstić information content (AvgIpc) is 2.89. The standard InChI is InChI=1S/C31H45FN7P/c1-7-35-30(29-21(3)9-8-20(2)27(29)16-24-12-13-38(6)18-31(24,32)40)37-25-11-10-23(22(4)14-25)15-26-17-28(33)39(34-5)19-36-26/h8,10-11,14,17,19,21,24,33-34H,7,9,12-13,15-16,18,40H2,1-6H3,(H,35,37). The maximum atomic E-state index is 15.7. The second-order valence-corrected chi connectivity index (χ2v) is 12.4. The molecule has 9 heteroatoms. The second-order valence-electron chi connectivity index (χ2n) is 11.4. The van der Waals surface area contributed by atoms with Gasteiger partial charge < -0.3 is 15.6 Å². The zero-order valence-electron chi connectivity index (χ0n) is 24.8. The first-order valence-corrected chi connectivity index (χ1v) is 14.9. The minimum Gasteiger partial charge on any atom is -0.340 e. The number of aliphatic imine (C=N–C) groups is 1. The molecule has 7 nitrogen and oxygen atoms in total. The topological polar surface area (TPSA) is 81.3 Å². The molecule has 4 unspecified atom stereocenters. The third-order valence-electron chi connectivity index (χ3n) is 8.26. The Labute approximate surface area is 240 Å². The average molecular weight is 566 g/mol. The Hall–Kier alpha value is -2.83. The van der Waals surface area contributed by atoms with Crippen molar-refractivity contribution in [2.24, 2.45) is 16.8 Å². The highest BCUT2D eigenvalue weighted by Crippen LogP contribution is 2.44. The lowest BCUT2D eigenvalue weighted by atomic mass is 9.77. The van der Waals surface area contributed by atoms with Crippen LogP contribution in [0.3, 0.4) is 0 Å². The molecule has 1 aromatic carbocycles. The van der Waals surface area contributed by atoms with Gasteiger partial charge in [-0.1, -0.05) is 33.9 Å². The molecule has 3 N–H and O–H groups in total. The van der Waals surface area contributed by atoms with Crippen LogP contribution in [0.25, 0.3) is 0 Å². The van der Waals surface area contributed by atoms with Gasteiger partial charge in [-0.25, -0.2) is 14.1 Å². The molecule has 0 radical (unpaired) electrons. The second kappa shape index (κ2) is 12.8. The van der Waals surface area contributed by atoms with Gasteiger partial charge in [-0.3, -0.25) is 10.4 Å². The van der Waals surface area contributed by atoms with E-state index in [-0.39, 0.29) is 5.92 Å². The SMILES string of the molecule is CC/N=C(/Nc1ccc(Cc2cc(=N)n(NC)cn2)c(C)c1)C1=C(CC2CCN(C)CC2(F)P)C(C)=CCC1C. The van der Waals surface area contributed by atoms with Gasteiger partial charge in [0.2, 0.25) is 0 Å². The van der Waals surface area contributed by atoms with Crippen molar-refractivity contribution in [3.8, 4) is 0 Å². The Balaban J connectivity index is 1.61. The van der Waals surface area contributed by atoms with E-state index in [0.717, 1.165) is 42.2 Å². The lowest BCUT2D eigenvalue weighted by molar-refractivity contribution is 0.0741. The summed E-state index contributed by atoms with van der Waals surface area (Å²) in [5.74, 6) is 1.14. The van der Waals surface area contributed by atoms with Gasteiger partial charge in [-0.2, -0.15) is 0 Å². The summed E-state index contributed by atoms with van der Waals surface area (Å²) >= 11 is 0. The van der Waals surface area contributed by atoms with E-state index in [9.17, 15) is 0 Å². The number of aromatic nitrogens is 2. The molecular weight excluding hydrogens is 520 g/mol. The van der Waals surface area contributed by atoms with Crippen LogP contribution < -0.4 is 16.2 Å². The van der Waals surface area contributed by atoms with Gasteiger partial charge in [-0.15, -0.1) is 0 Å². The number of alkyl halides is 1. The lowest BCUT2D eigenvalue weighted by Gasteiger charge is -2.41. The van der Waals surface area contributed by atoms with Crippen LogP contribution >= 0.6 is 9.24 Å². The lowest BCUT2D eigenvalue weighted by Crippen LogP contribution is -2.46. The van der Waals surface area contributed by atoms with Crippen molar-refractivity contribution in [2.45, 2.75) is 58.8 Å². The van der Waals surface area contributed by atoms with Crippen molar-refractivity contribution in [3.05, 3.63) is 75.7 Å². The van der Waals surface area contributed by atoms with E-state index in [2.05, 4.69) is 81.8 Å². The molecule has 0 bridgehead atoms. The monoisotopic (exact) mass is 565 g/mol. The molecule has 4 atom stereocenters. The molecule has 1 aliphatic heterocycles. The first-order chi connectivity index (χ1) is 19.0. The molecule has 2 heterocycles. The molecule has 0 amide bonds. The quantitative estimate of drug-likeness (QED) is 0.227. The van der Waals surface area contributed by atoms with Crippen LogP contribution in [0.4, 0.5) is 10.1 Å². The molecule has 1 aromatic heterocycles. The van der Waals surface area contributed by atoms with Crippen molar-refractivity contribution in [2.75, 3.05) is 44.5 Å². The van der Waals surface area contributed by atoms with Crippen molar-refractivity contribution in [1.82, 2.24) is 14.6 Å². The fourth-order valence-corrected chi connectivity index (χ4v) is 6.49. The van der Waals surface area contributed by atoms with E-state index >= 15 is 4.39 Å². The smallest absolute Gasteiger partial charge is 0.146 e. The summed E-state index contributed by atoms with van der Waals surface area (Å²) in [7, 11) is 6.28. The Morgan fingerprint density at radius 2 is 2.08 bits per heavy atom. The molecule has 1 saturated heterocycles. The Morgan fingerprint density at radius 1 is 1.30 bits per heavy atom. The van der Waals surface area contributed by atoms with Gasteiger partial charge in [-0.05, 0) is 88.4 Å². The van der Waals surface area contributed by atoms with E-state index in [4.69, 9.17) is 10.4 Å². The van der Waals surface area contributed by atoms with Gasteiger partial charge in [0.05, 0.1) is 5.69 Å². The zero-order valence-corrected chi connectivity index (χ0v) is 26.0. The number of halogens is 1. The Bertz CT molecular complexity index is 1370. The van der Waals surface area contributed by atoms with Gasteiger partial charge in [0.15, 0.2) is 0 Å². The first-order valence-electron chi connectivity index (χ1n) is 14.3. The zero-order chi connectivity index (χ0) is 29.0. The fourth-order valence-electron chi connectivity index (χ4n) is 5.90. The molecule has 0 spiro atoms. The summed E-state index contributed by atoms with van der Waals surface area (Å²) in [5, 5.41) is 10.5. The number of benzene rings is 1. The summed E-state index contributed by atoms with van der Waals surface area (Å²) in [6.07, 6.45) is 7.12. The number of rotatable bonds is 8. The summed E-state index contributed by atoms with van der Waals surface area (Å²) in [4.78, 5) is 11.5. The number of likely N-dealkylation sites (tertiary alicyclic amines) is 1. The summed E-state index contributed by atoms with van der Waals surface area (Å²) in [6, 6.07) is 8.16. The van der Waals surface area contributed by atoms with Crippen molar-refractivity contribution in [1.29, 1.82) is 5.41 Å². The first kappa shape index (κ1) is 30.1. The number of hydrogen-bond donors (Lipinski definition) is 3. The molecule has 0 saturated carbocycles. The minimum absolute atomic E-state index is 0.0461. The molecule has 216 valence electrons. The Morgan fingerprint density at radius 3 is 2.73 bits per heavy atom. The van der Waals surface area contributed by atoms with Crippen LogP contribution in [-0.2, 0) is 6.42 Å². The number of amidine groups is 1. The maximum absolute atomic E-state index is 15.7. The molecule has 1 aliphatic carbocycles. The third kappa shape index (κ3) is 6.90. The van der Waals surface area contributed by atoms with Gasteiger partial charge in [0, 0.05) is 49.8 Å². The molecule has 4 rings (SSSR count). The van der Waals surface area contributed by atoms with Crippen molar-refractivity contribution < 1.29 is 4.39 Å². The highest BCUT2D eigenvalue weighted by atomic mass is 31.0. The summed E-state index contributed by atoms with van der Waals surface area (Å²) < 4.78 is 17.3. The summed E-state index contributed by atoms with van der Waals surface area (Å²) in [6.45, 7) is 10.6. The fraction of sp³-hybridized carbons (Fsp3) is 0.516. The number of anilines is 1. The molecule has 40 heavy (non-hydrogen) atoms. The third-order valence-corrected chi connectivity index (χ3v) is 8.92. The molecule has 2 aliphatic rings. The van der Waals surface area contributed by atoms with Crippen molar-refractivity contribution in [3.63, 3.8) is 0 Å². The predicted molar refractivity (Wildman–Crippen MR) is 167 cm³/mol. The number of nitrogens with zero attached hydrogens (tertiary/aromatic N) is 4. The number of piperidine rings is 1. The van der Waals surface area contributed by atoms with Crippen LogP contribution in [0.15, 0.2) is 58.4 Å². The highest BCUT2D eigenvalue weighted by molar-refractivity contribution is 7.18. The number of hydrogen-bond acceptors (Lipinski definition) is 5. The predicted octanol–water partition coefficient (Wildman–Crippen LogP) is 5.43. The molecule has 1 fully saturated rings. The van der Waals surface area contributed by atoms with Gasteiger partial charge in [0.1, 0.15) is 23.1 Å². The van der Waals surface area contributed by atoms with E-state index in [1.54, 1.807) is 24.1 Å². The van der Waals surface area contributed by atoms with E-state index in [1.165, 1.54) is 22.3 Å². The number of nitrogens with one attached hydrogen (secondary N) is 3. The number of aryl methyl sites for hydroxylation is 1. The van der Waals surface area contributed by atoms with Gasteiger partial charge in [0.25, 0.3) is 0 Å². The van der Waals surface area contributed by atoms with Gasteiger partial charge >= 0.3 is 0 Å². The van der Waals surface area contributed by atoms with Crippen LogP contribution in [-0.4, -0.2) is 59.5 Å². The van der Waals surface area contributed by atoms with Crippen LogP contribution in [0.1, 0.15) is 56.9 Å². The van der Waals surface area contributed by atoms with E-state index in [0.29, 0.717) is 37.3 Å². The highest BCUT2D eigenvalue weighted by Gasteiger charge is 2.40. The van der Waals surface area contributed by atoms with Crippen LogP contribution in [0.2, 0.25) is 0 Å². The van der Waals surface area contributed by atoms with Crippen molar-refractivity contribution >= 4 is 20.8 Å². The largest absolute Gasteiger partial charge is 0.340 e. The Kier molecular flexibility index (Phi) is 9.63. The summed E-state index contributed by atoms with van der Waals surface area (Å²) in [5.41, 5.74) is 11.1.